The van der Waals surface area contributed by atoms with Gasteiger partial charge in [-0.05, 0) is 43.7 Å². The summed E-state index contributed by atoms with van der Waals surface area (Å²) in [6, 6.07) is 6.19. The Bertz CT molecular complexity index is 971. The van der Waals surface area contributed by atoms with Gasteiger partial charge in [-0.25, -0.2) is 9.07 Å². The van der Waals surface area contributed by atoms with Crippen LogP contribution in [0.3, 0.4) is 0 Å². The molecule has 5 nitrogen and oxygen atoms in total. The predicted molar refractivity (Wildman–Crippen MR) is 97.6 cm³/mol. The van der Waals surface area contributed by atoms with Crippen LogP contribution < -0.4 is 5.32 Å². The lowest BCUT2D eigenvalue weighted by Gasteiger charge is -2.10. The molecule has 1 aromatic carbocycles. The number of hydrogen-bond donors (Lipinski definition) is 1. The maximum absolute atomic E-state index is 13.5. The summed E-state index contributed by atoms with van der Waals surface area (Å²) in [5.41, 5.74) is 0.164. The lowest BCUT2D eigenvalue weighted by Crippen LogP contribution is -2.08. The molecule has 3 aromatic rings. The first-order valence-corrected chi connectivity index (χ1v) is 8.90. The third kappa shape index (κ3) is 4.59. The summed E-state index contributed by atoms with van der Waals surface area (Å²) in [4.78, 5) is 8.48. The van der Waals surface area contributed by atoms with E-state index in [0.717, 1.165) is 11.8 Å². The summed E-state index contributed by atoms with van der Waals surface area (Å²) >= 11 is 5.76. The van der Waals surface area contributed by atoms with Crippen LogP contribution in [0, 0.1) is 12.7 Å². The lowest BCUT2D eigenvalue weighted by atomic mass is 10.2. The zero-order valence-corrected chi connectivity index (χ0v) is 15.5. The van der Waals surface area contributed by atoms with Crippen molar-refractivity contribution in [3.63, 3.8) is 0 Å². The molecule has 0 atom stereocenters. The Balaban J connectivity index is 1.95. The molecule has 0 bridgehead atoms. The van der Waals surface area contributed by atoms with Crippen molar-refractivity contribution in [3.05, 3.63) is 59.4 Å². The minimum absolute atomic E-state index is 0.0284. The monoisotopic (exact) mass is 413 g/mol. The van der Waals surface area contributed by atoms with Gasteiger partial charge in [-0.3, -0.25) is 4.98 Å². The van der Waals surface area contributed by atoms with Gasteiger partial charge in [0.1, 0.15) is 11.6 Å². The van der Waals surface area contributed by atoms with Crippen molar-refractivity contribution in [1.29, 1.82) is 0 Å². The lowest BCUT2D eigenvalue weighted by molar-refractivity contribution is -0.139. The van der Waals surface area contributed by atoms with Crippen molar-refractivity contribution >= 4 is 23.2 Å². The standard InChI is InChI=1S/C18H16ClF4N5/c1-11-9-13(6-8-24-11)28-16(3-2-7-19)26-17(27-28)25-12-4-5-15(20)14(10-12)18(21,22)23/h4-6,8-10H,2-3,7H2,1H3,(H,25,27). The van der Waals surface area contributed by atoms with Crippen LogP contribution in [0.4, 0.5) is 29.2 Å². The smallest absolute Gasteiger partial charge is 0.323 e. The second kappa shape index (κ2) is 8.14. The zero-order chi connectivity index (χ0) is 20.3. The minimum atomic E-state index is -4.80. The van der Waals surface area contributed by atoms with E-state index in [1.54, 1.807) is 16.9 Å². The van der Waals surface area contributed by atoms with Crippen LogP contribution in [-0.4, -0.2) is 25.6 Å². The average Bonchev–Trinajstić information content (AvgIpc) is 3.03. The molecular weight excluding hydrogens is 398 g/mol. The number of nitrogens with one attached hydrogen (secondary N) is 1. The second-order valence-electron chi connectivity index (χ2n) is 6.03. The Hall–Kier alpha value is -2.68. The largest absolute Gasteiger partial charge is 0.419 e. The van der Waals surface area contributed by atoms with Crippen LogP contribution in [-0.2, 0) is 12.6 Å². The van der Waals surface area contributed by atoms with Crippen molar-refractivity contribution < 1.29 is 17.6 Å². The van der Waals surface area contributed by atoms with Crippen molar-refractivity contribution in [1.82, 2.24) is 19.7 Å². The van der Waals surface area contributed by atoms with Gasteiger partial charge in [-0.1, -0.05) is 0 Å². The van der Waals surface area contributed by atoms with Crippen molar-refractivity contribution in [2.75, 3.05) is 11.2 Å². The maximum Gasteiger partial charge on any atom is 0.419 e. The Labute approximate surface area is 163 Å². The summed E-state index contributed by atoms with van der Waals surface area (Å²) in [5.74, 6) is -0.227. The fourth-order valence-electron chi connectivity index (χ4n) is 2.60. The first kappa shape index (κ1) is 20.1. The molecule has 10 heteroatoms. The van der Waals surface area contributed by atoms with Gasteiger partial charge in [0.25, 0.3) is 0 Å². The van der Waals surface area contributed by atoms with Crippen LogP contribution in [0.15, 0.2) is 36.5 Å². The highest BCUT2D eigenvalue weighted by Crippen LogP contribution is 2.33. The molecular formula is C18H16ClF4N5. The van der Waals surface area contributed by atoms with Gasteiger partial charge in [0.05, 0.1) is 11.3 Å². The third-order valence-corrected chi connectivity index (χ3v) is 4.13. The van der Waals surface area contributed by atoms with Gasteiger partial charge in [0.2, 0.25) is 5.95 Å². The van der Waals surface area contributed by atoms with E-state index in [9.17, 15) is 17.6 Å². The number of anilines is 2. The molecule has 0 unspecified atom stereocenters. The number of benzene rings is 1. The normalized spacial score (nSPS) is 11.6. The van der Waals surface area contributed by atoms with Gasteiger partial charge >= 0.3 is 6.18 Å². The third-order valence-electron chi connectivity index (χ3n) is 3.86. The SMILES string of the molecule is Cc1cc(-n2nc(Nc3ccc(F)c(C(F)(F)F)c3)nc2CCCCl)ccn1. The molecule has 2 heterocycles. The van der Waals surface area contributed by atoms with E-state index < -0.39 is 17.6 Å². The number of aromatic nitrogens is 4. The van der Waals surface area contributed by atoms with Gasteiger partial charge in [-0.15, -0.1) is 16.7 Å². The first-order chi connectivity index (χ1) is 13.3. The second-order valence-corrected chi connectivity index (χ2v) is 6.41. The minimum Gasteiger partial charge on any atom is -0.323 e. The highest BCUT2D eigenvalue weighted by Gasteiger charge is 2.34. The predicted octanol–water partition coefficient (Wildman–Crippen LogP) is 5.04. The van der Waals surface area contributed by atoms with E-state index in [1.165, 1.54) is 6.07 Å². The van der Waals surface area contributed by atoms with Crippen LogP contribution in [0.5, 0.6) is 0 Å². The van der Waals surface area contributed by atoms with Gasteiger partial charge in [0, 0.05) is 29.9 Å². The number of nitrogens with zero attached hydrogens (tertiary/aromatic N) is 4. The quantitative estimate of drug-likeness (QED) is 0.454. The molecule has 148 valence electrons. The van der Waals surface area contributed by atoms with E-state index >= 15 is 0 Å². The highest BCUT2D eigenvalue weighted by molar-refractivity contribution is 6.17. The molecule has 0 aliphatic heterocycles. The van der Waals surface area contributed by atoms with Crippen LogP contribution in [0.2, 0.25) is 0 Å². The molecule has 1 N–H and O–H groups in total. The number of halogens is 5. The molecule has 0 amide bonds. The van der Waals surface area contributed by atoms with Crippen molar-refractivity contribution in [2.24, 2.45) is 0 Å². The topological polar surface area (TPSA) is 55.6 Å². The zero-order valence-electron chi connectivity index (χ0n) is 14.8. The number of rotatable bonds is 6. The fourth-order valence-corrected chi connectivity index (χ4v) is 2.74. The summed E-state index contributed by atoms with van der Waals surface area (Å²) < 4.78 is 53.8. The molecule has 0 fully saturated rings. The van der Waals surface area contributed by atoms with E-state index in [1.807, 2.05) is 13.0 Å². The van der Waals surface area contributed by atoms with Crippen LogP contribution in [0.25, 0.3) is 5.69 Å². The molecule has 0 aliphatic carbocycles. The fraction of sp³-hybridized carbons (Fsp3) is 0.278. The number of pyridine rings is 1. The van der Waals surface area contributed by atoms with Crippen LogP contribution in [0.1, 0.15) is 23.5 Å². The summed E-state index contributed by atoms with van der Waals surface area (Å²) in [6.45, 7) is 1.83. The maximum atomic E-state index is 13.5. The summed E-state index contributed by atoms with van der Waals surface area (Å²) in [5, 5.41) is 7.04. The van der Waals surface area contributed by atoms with Crippen LogP contribution >= 0.6 is 11.6 Å². The Morgan fingerprint density at radius 2 is 1.96 bits per heavy atom. The van der Waals surface area contributed by atoms with E-state index in [0.29, 0.717) is 36.3 Å². The van der Waals surface area contributed by atoms with E-state index in [-0.39, 0.29) is 11.6 Å². The molecule has 2 aromatic heterocycles. The summed E-state index contributed by atoms with van der Waals surface area (Å²) in [7, 11) is 0. The molecule has 0 aliphatic rings. The summed E-state index contributed by atoms with van der Waals surface area (Å²) in [6.07, 6.45) is -2.00. The molecule has 0 saturated heterocycles. The molecule has 0 spiro atoms. The highest BCUT2D eigenvalue weighted by atomic mass is 35.5. The first-order valence-electron chi connectivity index (χ1n) is 8.36. The molecule has 0 radical (unpaired) electrons. The molecule has 3 rings (SSSR count). The van der Waals surface area contributed by atoms with Gasteiger partial charge in [-0.2, -0.15) is 18.2 Å². The molecule has 28 heavy (non-hydrogen) atoms. The number of hydrogen-bond acceptors (Lipinski definition) is 4. The average molecular weight is 414 g/mol. The Morgan fingerprint density at radius 3 is 2.64 bits per heavy atom. The van der Waals surface area contributed by atoms with E-state index in [2.05, 4.69) is 20.4 Å². The van der Waals surface area contributed by atoms with Gasteiger partial charge < -0.3 is 5.32 Å². The van der Waals surface area contributed by atoms with Gasteiger partial charge in [0.15, 0.2) is 0 Å². The van der Waals surface area contributed by atoms with Crippen molar-refractivity contribution in [3.8, 4) is 5.69 Å². The number of alkyl halides is 4. The Kier molecular flexibility index (Phi) is 5.83. The molecule has 0 saturated carbocycles. The van der Waals surface area contributed by atoms with Crippen molar-refractivity contribution in [2.45, 2.75) is 25.9 Å². The Morgan fingerprint density at radius 1 is 1.18 bits per heavy atom. The van der Waals surface area contributed by atoms with E-state index in [4.69, 9.17) is 11.6 Å². The number of aryl methyl sites for hydroxylation is 2.